The predicted molar refractivity (Wildman–Crippen MR) is 171 cm³/mol. The zero-order chi connectivity index (χ0) is 26.6. The number of rotatable bonds is 1. The first-order valence-corrected chi connectivity index (χ1v) is 14.1. The first-order chi connectivity index (χ1) is 19.6. The Morgan fingerprint density at radius 2 is 1.20 bits per heavy atom. The summed E-state index contributed by atoms with van der Waals surface area (Å²) < 4.78 is 2.53. The first-order valence-electron chi connectivity index (χ1n) is 14.1. The molecule has 1 nitrogen and oxygen atoms in total. The maximum atomic E-state index is 2.53. The highest BCUT2D eigenvalue weighted by Gasteiger charge is 2.35. The minimum atomic E-state index is -0.0801. The summed E-state index contributed by atoms with van der Waals surface area (Å²) in [4.78, 5) is 0. The lowest BCUT2D eigenvalue weighted by atomic mass is 9.68. The van der Waals surface area contributed by atoms with Crippen molar-refractivity contribution in [1.29, 1.82) is 0 Å². The summed E-state index contributed by atoms with van der Waals surface area (Å²) in [6, 6.07) is 47.4. The number of hydrogen-bond acceptors (Lipinski definition) is 0. The van der Waals surface area contributed by atoms with Gasteiger partial charge in [-0.3, -0.25) is 0 Å². The number of fused-ring (bicyclic) bond motifs is 9. The molecule has 1 aliphatic carbocycles. The largest absolute Gasteiger partial charge is 0.309 e. The topological polar surface area (TPSA) is 4.93 Å². The molecule has 0 amide bonds. The van der Waals surface area contributed by atoms with Gasteiger partial charge in [-0.2, -0.15) is 0 Å². The highest BCUT2D eigenvalue weighted by molar-refractivity contribution is 6.28. The lowest BCUT2D eigenvalue weighted by molar-refractivity contribution is 0.645. The monoisotopic (exact) mass is 509 g/mol. The smallest absolute Gasteiger partial charge is 0.0626 e. The summed E-state index contributed by atoms with van der Waals surface area (Å²) in [7, 11) is 0. The third-order valence-electron chi connectivity index (χ3n) is 9.31. The van der Waals surface area contributed by atoms with Gasteiger partial charge in [0.25, 0.3) is 0 Å². The van der Waals surface area contributed by atoms with Crippen LogP contribution in [0.4, 0.5) is 0 Å². The Bertz CT molecular complexity index is 2350. The molecule has 9 rings (SSSR count). The van der Waals surface area contributed by atoms with Crippen LogP contribution in [0.15, 0.2) is 127 Å². The molecular formula is C39H27N. The molecule has 0 bridgehead atoms. The third-order valence-corrected chi connectivity index (χ3v) is 9.31. The quantitative estimate of drug-likeness (QED) is 0.207. The fourth-order valence-electron chi connectivity index (χ4n) is 7.48. The van der Waals surface area contributed by atoms with E-state index in [2.05, 4.69) is 146 Å². The molecular weight excluding hydrogens is 482 g/mol. The van der Waals surface area contributed by atoms with Crippen LogP contribution in [0.5, 0.6) is 0 Å². The lowest BCUT2D eigenvalue weighted by Crippen LogP contribution is -2.23. The van der Waals surface area contributed by atoms with Gasteiger partial charge in [-0.1, -0.05) is 117 Å². The zero-order valence-electron chi connectivity index (χ0n) is 22.6. The fraction of sp³-hybridized carbons (Fsp3) is 0.0769. The van der Waals surface area contributed by atoms with Gasteiger partial charge in [-0.25, -0.2) is 0 Å². The minimum Gasteiger partial charge on any atom is -0.309 e. The average Bonchev–Trinajstić information content (AvgIpc) is 3.33. The van der Waals surface area contributed by atoms with E-state index in [0.717, 1.165) is 0 Å². The van der Waals surface area contributed by atoms with Gasteiger partial charge in [0.2, 0.25) is 0 Å². The van der Waals surface area contributed by atoms with Crippen molar-refractivity contribution < 1.29 is 0 Å². The van der Waals surface area contributed by atoms with Crippen molar-refractivity contribution in [3.05, 3.63) is 139 Å². The van der Waals surface area contributed by atoms with Crippen LogP contribution >= 0.6 is 0 Å². The molecule has 0 unspecified atom stereocenters. The van der Waals surface area contributed by atoms with Crippen molar-refractivity contribution in [2.45, 2.75) is 19.3 Å². The predicted octanol–water partition coefficient (Wildman–Crippen LogP) is 10.5. The van der Waals surface area contributed by atoms with E-state index in [4.69, 9.17) is 0 Å². The molecule has 0 radical (unpaired) electrons. The summed E-state index contributed by atoms with van der Waals surface area (Å²) in [6.45, 7) is 4.75. The Morgan fingerprint density at radius 3 is 2.10 bits per heavy atom. The van der Waals surface area contributed by atoms with Crippen LogP contribution in [0, 0.1) is 0 Å². The summed E-state index contributed by atoms with van der Waals surface area (Å²) in [6.07, 6.45) is 0. The van der Waals surface area contributed by atoms with Gasteiger partial charge >= 0.3 is 0 Å². The van der Waals surface area contributed by atoms with E-state index in [-0.39, 0.29) is 5.41 Å². The van der Waals surface area contributed by atoms with E-state index in [1.807, 2.05) is 0 Å². The number of nitrogens with zero attached hydrogens (tertiary/aromatic N) is 1. The maximum Gasteiger partial charge on any atom is 0.0626 e. The molecule has 7 aromatic carbocycles. The highest BCUT2D eigenvalue weighted by Crippen LogP contribution is 2.53. The second-order valence-corrected chi connectivity index (χ2v) is 11.8. The van der Waals surface area contributed by atoms with Crippen molar-refractivity contribution in [3.8, 4) is 16.8 Å². The van der Waals surface area contributed by atoms with Crippen molar-refractivity contribution in [2.75, 3.05) is 0 Å². The van der Waals surface area contributed by atoms with Gasteiger partial charge in [0.1, 0.15) is 0 Å². The Balaban J connectivity index is 1.59. The van der Waals surface area contributed by atoms with E-state index < -0.39 is 0 Å². The second kappa shape index (κ2) is 7.61. The van der Waals surface area contributed by atoms with Crippen LogP contribution < -0.4 is 0 Å². The molecule has 1 aromatic heterocycles. The van der Waals surface area contributed by atoms with Crippen molar-refractivity contribution in [2.24, 2.45) is 0 Å². The Kier molecular flexibility index (Phi) is 4.18. The molecule has 1 heteroatoms. The number of benzene rings is 7. The fourth-order valence-corrected chi connectivity index (χ4v) is 7.48. The summed E-state index contributed by atoms with van der Waals surface area (Å²) in [5.74, 6) is 0. The van der Waals surface area contributed by atoms with Crippen LogP contribution in [0.3, 0.4) is 0 Å². The molecule has 0 saturated heterocycles. The van der Waals surface area contributed by atoms with E-state index in [1.165, 1.54) is 82.1 Å². The van der Waals surface area contributed by atoms with Gasteiger partial charge in [0, 0.05) is 27.4 Å². The molecule has 188 valence electrons. The SMILES string of the molecule is CC1(C)c2ccccc2-c2c3c1cccc3cc1c3c4ccccc4ccc3n(-c3ccc4ccccc4c3)c21. The maximum absolute atomic E-state index is 2.53. The molecule has 0 atom stereocenters. The van der Waals surface area contributed by atoms with Gasteiger partial charge in [0.15, 0.2) is 0 Å². The van der Waals surface area contributed by atoms with Crippen molar-refractivity contribution in [1.82, 2.24) is 4.57 Å². The summed E-state index contributed by atoms with van der Waals surface area (Å²) in [5, 5.41) is 10.4. The van der Waals surface area contributed by atoms with Gasteiger partial charge < -0.3 is 4.57 Å². The van der Waals surface area contributed by atoms with Gasteiger partial charge in [0.05, 0.1) is 11.0 Å². The van der Waals surface area contributed by atoms with Crippen molar-refractivity contribution >= 4 is 54.1 Å². The molecule has 0 saturated carbocycles. The molecule has 1 aliphatic rings. The summed E-state index contributed by atoms with van der Waals surface area (Å²) in [5.41, 5.74) is 9.16. The van der Waals surface area contributed by atoms with Crippen LogP contribution in [0.25, 0.3) is 70.9 Å². The van der Waals surface area contributed by atoms with E-state index in [0.29, 0.717) is 0 Å². The molecule has 1 heterocycles. The van der Waals surface area contributed by atoms with Crippen LogP contribution in [0.1, 0.15) is 25.0 Å². The van der Waals surface area contributed by atoms with Gasteiger partial charge in [-0.15, -0.1) is 0 Å². The van der Waals surface area contributed by atoms with E-state index in [1.54, 1.807) is 0 Å². The minimum absolute atomic E-state index is 0.0801. The third kappa shape index (κ3) is 2.72. The molecule has 0 fully saturated rings. The van der Waals surface area contributed by atoms with E-state index >= 15 is 0 Å². The van der Waals surface area contributed by atoms with Crippen LogP contribution in [-0.4, -0.2) is 4.57 Å². The van der Waals surface area contributed by atoms with E-state index in [9.17, 15) is 0 Å². The van der Waals surface area contributed by atoms with Gasteiger partial charge in [-0.05, 0) is 73.3 Å². The highest BCUT2D eigenvalue weighted by atomic mass is 15.0. The molecule has 8 aromatic rings. The first kappa shape index (κ1) is 22.0. The van der Waals surface area contributed by atoms with Crippen LogP contribution in [-0.2, 0) is 5.41 Å². The Labute approximate surface area is 232 Å². The Hall–Kier alpha value is -4.88. The molecule has 0 aliphatic heterocycles. The average molecular weight is 510 g/mol. The normalized spacial score (nSPS) is 13.9. The van der Waals surface area contributed by atoms with Crippen LogP contribution in [0.2, 0.25) is 0 Å². The number of hydrogen-bond donors (Lipinski definition) is 0. The molecule has 40 heavy (non-hydrogen) atoms. The molecule has 0 spiro atoms. The Morgan fingerprint density at radius 1 is 0.500 bits per heavy atom. The zero-order valence-corrected chi connectivity index (χ0v) is 22.6. The number of aromatic nitrogens is 1. The standard InChI is InChI=1S/C39H27N/c1-39(2)32-16-8-7-15-30(32)37-35-27(13-9-17-33(35)39)23-31-36-29-14-6-5-11-25(29)19-21-34(36)40(38(31)37)28-20-18-24-10-3-4-12-26(24)22-28/h3-23H,1-2H3. The lowest BCUT2D eigenvalue weighted by Gasteiger charge is -2.35. The van der Waals surface area contributed by atoms with Crippen molar-refractivity contribution in [3.63, 3.8) is 0 Å². The summed E-state index contributed by atoms with van der Waals surface area (Å²) >= 11 is 0. The second-order valence-electron chi connectivity index (χ2n) is 11.8. The molecule has 0 N–H and O–H groups in total.